The summed E-state index contributed by atoms with van der Waals surface area (Å²) in [6.45, 7) is 7.82. The maximum Gasteiger partial charge on any atom is 0.306 e. The lowest BCUT2D eigenvalue weighted by molar-refractivity contribution is -0.163. The minimum Gasteiger partial charge on any atom is -0.462 e. The molecule has 1 unspecified atom stereocenters. The van der Waals surface area contributed by atoms with Crippen LogP contribution < -0.4 is 0 Å². The Morgan fingerprint density at radius 2 is 0.600 bits per heavy atom. The van der Waals surface area contributed by atoms with Crippen molar-refractivity contribution in [3.63, 3.8) is 0 Å². The molecule has 0 saturated carbocycles. The fourth-order valence-corrected chi connectivity index (χ4v) is 9.16. The summed E-state index contributed by atoms with van der Waals surface area (Å²) in [7, 11) is 0. The predicted molar refractivity (Wildman–Crippen MR) is 307 cm³/mol. The van der Waals surface area contributed by atoms with Crippen LogP contribution in [0.2, 0.25) is 0 Å². The van der Waals surface area contributed by atoms with Crippen molar-refractivity contribution in [1.29, 1.82) is 0 Å². The van der Waals surface area contributed by atoms with E-state index in [1.807, 2.05) is 0 Å². The highest BCUT2D eigenvalue weighted by atomic mass is 16.6. The molecular formula is C65H120O5. The van der Waals surface area contributed by atoms with Gasteiger partial charge < -0.3 is 14.2 Å². The SMILES string of the molecule is CCCCC/C=C\C/C=C\CCCCCCCCCCCC(=O)OCC(COCCCCCCCCCCCCCCCCCCCCCC)OC(=O)CCCCCCC/C=C\C/C=C\CCCCC. The summed E-state index contributed by atoms with van der Waals surface area (Å²) in [5.41, 5.74) is 0. The molecule has 0 aliphatic rings. The topological polar surface area (TPSA) is 61.8 Å². The first-order valence-corrected chi connectivity index (χ1v) is 31.2. The second-order valence-electron chi connectivity index (χ2n) is 21.0. The maximum atomic E-state index is 12.9. The molecule has 70 heavy (non-hydrogen) atoms. The molecule has 0 saturated heterocycles. The van der Waals surface area contributed by atoms with Crippen molar-refractivity contribution in [2.45, 2.75) is 335 Å². The summed E-state index contributed by atoms with van der Waals surface area (Å²) in [6, 6.07) is 0. The van der Waals surface area contributed by atoms with E-state index in [1.54, 1.807) is 0 Å². The Labute approximate surface area is 437 Å². The number of esters is 2. The van der Waals surface area contributed by atoms with Crippen molar-refractivity contribution in [3.05, 3.63) is 48.6 Å². The Morgan fingerprint density at radius 3 is 0.971 bits per heavy atom. The van der Waals surface area contributed by atoms with Gasteiger partial charge in [0, 0.05) is 19.4 Å². The molecule has 0 amide bonds. The predicted octanol–water partition coefficient (Wildman–Crippen LogP) is 21.5. The van der Waals surface area contributed by atoms with Crippen LogP contribution in [-0.2, 0) is 23.8 Å². The molecule has 0 rings (SSSR count). The standard InChI is InChI=1S/C65H120O5/c1-4-7-10-13-16-19-22-25-28-30-32-34-36-39-42-45-48-51-54-57-60-68-61-63(70-65(67)59-56-53-50-47-44-41-37-27-24-21-18-15-12-9-6-3)62-69-64(66)58-55-52-49-46-43-40-38-35-33-31-29-26-23-20-17-14-11-8-5-2/h17-18,20-21,26-27,29,37,63H,4-16,19,22-25,28,30-36,38-62H2,1-3H3/b20-17-,21-18-,29-26-,37-27-. The van der Waals surface area contributed by atoms with E-state index in [-0.39, 0.29) is 25.2 Å². The van der Waals surface area contributed by atoms with Gasteiger partial charge in [-0.05, 0) is 83.5 Å². The minimum atomic E-state index is -0.544. The van der Waals surface area contributed by atoms with E-state index in [9.17, 15) is 9.59 Å². The molecule has 0 heterocycles. The van der Waals surface area contributed by atoms with E-state index in [1.165, 1.54) is 238 Å². The van der Waals surface area contributed by atoms with Crippen molar-refractivity contribution in [3.8, 4) is 0 Å². The van der Waals surface area contributed by atoms with Gasteiger partial charge in [-0.15, -0.1) is 0 Å². The molecule has 0 aliphatic heterocycles. The summed E-state index contributed by atoms with van der Waals surface area (Å²) >= 11 is 0. The summed E-state index contributed by atoms with van der Waals surface area (Å²) in [5.74, 6) is -0.400. The van der Waals surface area contributed by atoms with Crippen molar-refractivity contribution in [2.24, 2.45) is 0 Å². The zero-order valence-corrected chi connectivity index (χ0v) is 47.3. The molecular weight excluding hydrogens is 861 g/mol. The van der Waals surface area contributed by atoms with Gasteiger partial charge in [0.15, 0.2) is 6.10 Å². The molecule has 410 valence electrons. The first-order valence-electron chi connectivity index (χ1n) is 31.2. The minimum absolute atomic E-state index is 0.0813. The quantitative estimate of drug-likeness (QED) is 0.0345. The summed E-state index contributed by atoms with van der Waals surface area (Å²) in [5, 5.41) is 0. The number of allylic oxidation sites excluding steroid dienone is 8. The molecule has 0 N–H and O–H groups in total. The van der Waals surface area contributed by atoms with Crippen LogP contribution in [-0.4, -0.2) is 37.9 Å². The van der Waals surface area contributed by atoms with Crippen LogP contribution in [0.15, 0.2) is 48.6 Å². The summed E-state index contributed by atoms with van der Waals surface area (Å²) in [6.07, 6.45) is 77.1. The third-order valence-corrected chi connectivity index (χ3v) is 13.8. The van der Waals surface area contributed by atoms with Crippen LogP contribution in [0, 0.1) is 0 Å². The number of carbonyl (C=O) groups is 2. The molecule has 5 nitrogen and oxygen atoms in total. The lowest BCUT2D eigenvalue weighted by atomic mass is 10.0. The van der Waals surface area contributed by atoms with E-state index in [0.29, 0.717) is 19.4 Å². The lowest BCUT2D eigenvalue weighted by Gasteiger charge is -2.18. The Balaban J connectivity index is 4.24. The highest BCUT2D eigenvalue weighted by Gasteiger charge is 2.17. The Morgan fingerprint density at radius 1 is 0.314 bits per heavy atom. The Bertz CT molecular complexity index is 1150. The van der Waals surface area contributed by atoms with Crippen molar-refractivity contribution in [2.75, 3.05) is 19.8 Å². The molecule has 0 fully saturated rings. The van der Waals surface area contributed by atoms with Crippen LogP contribution in [0.3, 0.4) is 0 Å². The number of carbonyl (C=O) groups excluding carboxylic acids is 2. The first kappa shape index (κ1) is 67.9. The monoisotopic (exact) mass is 981 g/mol. The smallest absolute Gasteiger partial charge is 0.306 e. The molecule has 0 aromatic rings. The average molecular weight is 982 g/mol. The number of hydrogen-bond donors (Lipinski definition) is 0. The zero-order chi connectivity index (χ0) is 50.6. The van der Waals surface area contributed by atoms with E-state index in [2.05, 4.69) is 69.4 Å². The normalized spacial score (nSPS) is 12.4. The van der Waals surface area contributed by atoms with Gasteiger partial charge in [0.25, 0.3) is 0 Å². The highest BCUT2D eigenvalue weighted by molar-refractivity contribution is 5.70. The molecule has 0 bridgehead atoms. The van der Waals surface area contributed by atoms with Crippen LogP contribution in [0.4, 0.5) is 0 Å². The van der Waals surface area contributed by atoms with Gasteiger partial charge in [-0.3, -0.25) is 9.59 Å². The molecule has 0 aliphatic carbocycles. The van der Waals surface area contributed by atoms with Crippen LogP contribution in [0.1, 0.15) is 329 Å². The van der Waals surface area contributed by atoms with E-state index >= 15 is 0 Å². The molecule has 1 atom stereocenters. The summed E-state index contributed by atoms with van der Waals surface area (Å²) in [4.78, 5) is 25.6. The number of rotatable bonds is 58. The number of ether oxygens (including phenoxy) is 3. The van der Waals surface area contributed by atoms with E-state index < -0.39 is 6.10 Å². The third-order valence-electron chi connectivity index (χ3n) is 13.8. The molecule has 5 heteroatoms. The highest BCUT2D eigenvalue weighted by Crippen LogP contribution is 2.17. The van der Waals surface area contributed by atoms with Gasteiger partial charge in [-0.1, -0.05) is 281 Å². The zero-order valence-electron chi connectivity index (χ0n) is 47.3. The fraction of sp³-hybridized carbons (Fsp3) is 0.846. The van der Waals surface area contributed by atoms with Gasteiger partial charge in [-0.2, -0.15) is 0 Å². The van der Waals surface area contributed by atoms with Gasteiger partial charge in [0.1, 0.15) is 6.61 Å². The van der Waals surface area contributed by atoms with Crippen molar-refractivity contribution in [1.82, 2.24) is 0 Å². The number of hydrogen-bond acceptors (Lipinski definition) is 5. The van der Waals surface area contributed by atoms with Gasteiger partial charge in [0.05, 0.1) is 6.61 Å². The molecule has 0 radical (unpaired) electrons. The second kappa shape index (κ2) is 61.2. The summed E-state index contributed by atoms with van der Waals surface area (Å²) < 4.78 is 17.5. The average Bonchev–Trinajstić information content (AvgIpc) is 3.36. The van der Waals surface area contributed by atoms with E-state index in [0.717, 1.165) is 57.8 Å². The van der Waals surface area contributed by atoms with E-state index in [4.69, 9.17) is 14.2 Å². The van der Waals surface area contributed by atoms with Gasteiger partial charge in [0.2, 0.25) is 0 Å². The van der Waals surface area contributed by atoms with Crippen LogP contribution in [0.5, 0.6) is 0 Å². The van der Waals surface area contributed by atoms with Gasteiger partial charge in [-0.25, -0.2) is 0 Å². The Hall–Kier alpha value is -2.14. The molecule has 0 aromatic carbocycles. The second-order valence-corrected chi connectivity index (χ2v) is 21.0. The van der Waals surface area contributed by atoms with Crippen LogP contribution in [0.25, 0.3) is 0 Å². The first-order chi connectivity index (χ1) is 34.6. The van der Waals surface area contributed by atoms with Gasteiger partial charge >= 0.3 is 11.9 Å². The molecule has 0 spiro atoms. The van der Waals surface area contributed by atoms with Crippen molar-refractivity contribution < 1.29 is 23.8 Å². The van der Waals surface area contributed by atoms with Crippen LogP contribution >= 0.6 is 0 Å². The van der Waals surface area contributed by atoms with Crippen molar-refractivity contribution >= 4 is 11.9 Å². The maximum absolute atomic E-state index is 12.9. The third kappa shape index (κ3) is 58.4. The lowest BCUT2D eigenvalue weighted by Crippen LogP contribution is -2.30. The molecule has 0 aromatic heterocycles. The number of unbranched alkanes of at least 4 members (excludes halogenated alkanes) is 39. The largest absolute Gasteiger partial charge is 0.462 e. The Kier molecular flexibility index (Phi) is 59.3. The fourth-order valence-electron chi connectivity index (χ4n) is 9.16.